The molecule has 3 nitrogen and oxygen atoms in total. The van der Waals surface area contributed by atoms with Gasteiger partial charge in [0.2, 0.25) is 0 Å². The van der Waals surface area contributed by atoms with Crippen molar-refractivity contribution in [3.8, 4) is 12.3 Å². The van der Waals surface area contributed by atoms with E-state index in [1.807, 2.05) is 17.0 Å². The van der Waals surface area contributed by atoms with Gasteiger partial charge in [-0.3, -0.25) is 0 Å². The molecule has 1 N–H and O–H groups in total. The zero-order valence-electron chi connectivity index (χ0n) is 9.85. The van der Waals surface area contributed by atoms with Crippen LogP contribution in [0.3, 0.4) is 0 Å². The van der Waals surface area contributed by atoms with Crippen LogP contribution in [0.5, 0.6) is 0 Å². The molecule has 3 heteroatoms. The smallest absolute Gasteiger partial charge is 0.129 e. The average molecular weight is 218 g/mol. The summed E-state index contributed by atoms with van der Waals surface area (Å²) in [5.41, 5.74) is 0.820. The van der Waals surface area contributed by atoms with Crippen molar-refractivity contribution < 1.29 is 5.11 Å². The van der Waals surface area contributed by atoms with Gasteiger partial charge in [0.15, 0.2) is 0 Å². The molecule has 0 spiro atoms. The maximum atomic E-state index is 9.37. The Morgan fingerprint density at radius 3 is 2.75 bits per heavy atom. The summed E-state index contributed by atoms with van der Waals surface area (Å²) in [6.45, 7) is 5.29. The lowest BCUT2D eigenvalue weighted by Crippen LogP contribution is -2.25. The molecular weight excluding hydrogens is 200 g/mol. The maximum absolute atomic E-state index is 9.37. The summed E-state index contributed by atoms with van der Waals surface area (Å²) in [7, 11) is 0. The van der Waals surface area contributed by atoms with Crippen LogP contribution in [0.25, 0.3) is 0 Å². The van der Waals surface area contributed by atoms with Gasteiger partial charge in [0, 0.05) is 12.7 Å². The van der Waals surface area contributed by atoms with Gasteiger partial charge < -0.3 is 10.0 Å². The number of terminal acetylenes is 1. The summed E-state index contributed by atoms with van der Waals surface area (Å²) in [6.07, 6.45) is 7.56. The molecule has 0 aliphatic carbocycles. The standard InChI is InChI=1S/C13H18N2O/c1-4-8-15(9-5-2)13-7-6-12(10-14-13)11(3)16/h1,6-7,10-11,16H,5,8-9H2,2-3H3/t11-/m1/s1. The normalized spacial score (nSPS) is 11.9. The third kappa shape index (κ3) is 3.25. The Morgan fingerprint density at radius 1 is 1.56 bits per heavy atom. The Morgan fingerprint density at radius 2 is 2.31 bits per heavy atom. The molecule has 0 bridgehead atoms. The molecule has 0 fully saturated rings. The predicted octanol–water partition coefficient (Wildman–Crippen LogP) is 1.98. The van der Waals surface area contributed by atoms with E-state index in [0.717, 1.165) is 24.3 Å². The SMILES string of the molecule is C#CCN(CCC)c1ccc([C@@H](C)O)cn1. The molecule has 16 heavy (non-hydrogen) atoms. The van der Waals surface area contributed by atoms with E-state index in [0.29, 0.717) is 6.54 Å². The molecule has 1 atom stereocenters. The fraction of sp³-hybridized carbons (Fsp3) is 0.462. The number of aliphatic hydroxyl groups excluding tert-OH is 1. The first kappa shape index (κ1) is 12.5. The molecule has 0 radical (unpaired) electrons. The lowest BCUT2D eigenvalue weighted by atomic mass is 10.2. The summed E-state index contributed by atoms with van der Waals surface area (Å²) in [4.78, 5) is 6.36. The van der Waals surface area contributed by atoms with Crippen molar-refractivity contribution in [2.75, 3.05) is 18.0 Å². The van der Waals surface area contributed by atoms with Gasteiger partial charge in [-0.2, -0.15) is 0 Å². The van der Waals surface area contributed by atoms with Crippen LogP contribution in [0.4, 0.5) is 5.82 Å². The van der Waals surface area contributed by atoms with Gasteiger partial charge in [-0.25, -0.2) is 4.98 Å². The van der Waals surface area contributed by atoms with E-state index in [-0.39, 0.29) is 0 Å². The zero-order valence-corrected chi connectivity index (χ0v) is 9.85. The summed E-state index contributed by atoms with van der Waals surface area (Å²) in [6, 6.07) is 3.78. The molecule has 0 amide bonds. The lowest BCUT2D eigenvalue weighted by Gasteiger charge is -2.20. The quantitative estimate of drug-likeness (QED) is 0.768. The van der Waals surface area contributed by atoms with Gasteiger partial charge in [-0.1, -0.05) is 18.9 Å². The number of hydrogen-bond donors (Lipinski definition) is 1. The largest absolute Gasteiger partial charge is 0.389 e. The van der Waals surface area contributed by atoms with E-state index in [4.69, 9.17) is 6.42 Å². The minimum atomic E-state index is -0.478. The highest BCUT2D eigenvalue weighted by molar-refractivity contribution is 5.40. The van der Waals surface area contributed by atoms with Crippen molar-refractivity contribution in [1.29, 1.82) is 0 Å². The average Bonchev–Trinajstić information content (AvgIpc) is 2.29. The second-order valence-corrected chi connectivity index (χ2v) is 3.75. The highest BCUT2D eigenvalue weighted by Gasteiger charge is 2.06. The number of hydrogen-bond acceptors (Lipinski definition) is 3. The van der Waals surface area contributed by atoms with Gasteiger partial charge in [0.25, 0.3) is 0 Å². The summed E-state index contributed by atoms with van der Waals surface area (Å²) in [5, 5.41) is 9.37. The van der Waals surface area contributed by atoms with E-state index in [1.54, 1.807) is 13.1 Å². The van der Waals surface area contributed by atoms with Gasteiger partial charge >= 0.3 is 0 Å². The number of aromatic nitrogens is 1. The molecule has 1 aromatic heterocycles. The third-order valence-electron chi connectivity index (χ3n) is 2.35. The number of anilines is 1. The number of rotatable bonds is 5. The Bertz CT molecular complexity index is 351. The van der Waals surface area contributed by atoms with Gasteiger partial charge in [-0.15, -0.1) is 6.42 Å². The molecular formula is C13H18N2O. The zero-order chi connectivity index (χ0) is 12.0. The van der Waals surface area contributed by atoms with E-state index in [9.17, 15) is 5.11 Å². The van der Waals surface area contributed by atoms with Crippen LogP contribution in [0, 0.1) is 12.3 Å². The fourth-order valence-corrected chi connectivity index (χ4v) is 1.49. The van der Waals surface area contributed by atoms with Crippen LogP contribution in [0.15, 0.2) is 18.3 Å². The molecule has 0 aliphatic heterocycles. The van der Waals surface area contributed by atoms with Crippen LogP contribution in [0.1, 0.15) is 31.9 Å². The molecule has 1 rings (SSSR count). The monoisotopic (exact) mass is 218 g/mol. The maximum Gasteiger partial charge on any atom is 0.129 e. The van der Waals surface area contributed by atoms with Crippen molar-refractivity contribution >= 4 is 5.82 Å². The van der Waals surface area contributed by atoms with E-state index in [2.05, 4.69) is 17.8 Å². The molecule has 0 aliphatic rings. The Balaban J connectivity index is 2.81. The molecule has 0 unspecified atom stereocenters. The molecule has 0 saturated carbocycles. The number of pyridine rings is 1. The van der Waals surface area contributed by atoms with Crippen molar-refractivity contribution in [2.45, 2.75) is 26.4 Å². The number of aliphatic hydroxyl groups is 1. The fourth-order valence-electron chi connectivity index (χ4n) is 1.49. The Kier molecular flexibility index (Phi) is 4.81. The highest BCUT2D eigenvalue weighted by atomic mass is 16.3. The van der Waals surface area contributed by atoms with Gasteiger partial charge in [-0.05, 0) is 25.0 Å². The first-order chi connectivity index (χ1) is 7.69. The van der Waals surface area contributed by atoms with E-state index >= 15 is 0 Å². The molecule has 1 heterocycles. The van der Waals surface area contributed by atoms with Crippen molar-refractivity contribution in [1.82, 2.24) is 4.98 Å². The third-order valence-corrected chi connectivity index (χ3v) is 2.35. The number of nitrogens with zero attached hydrogens (tertiary/aromatic N) is 2. The van der Waals surface area contributed by atoms with E-state index in [1.165, 1.54) is 0 Å². The molecule has 86 valence electrons. The van der Waals surface area contributed by atoms with Gasteiger partial charge in [0.1, 0.15) is 5.82 Å². The van der Waals surface area contributed by atoms with Crippen LogP contribution in [-0.2, 0) is 0 Å². The predicted molar refractivity (Wildman–Crippen MR) is 66.2 cm³/mol. The molecule has 1 aromatic rings. The van der Waals surface area contributed by atoms with Crippen molar-refractivity contribution in [3.63, 3.8) is 0 Å². The molecule has 0 aromatic carbocycles. The summed E-state index contributed by atoms with van der Waals surface area (Å²) < 4.78 is 0. The summed E-state index contributed by atoms with van der Waals surface area (Å²) in [5.74, 6) is 3.49. The van der Waals surface area contributed by atoms with E-state index < -0.39 is 6.10 Å². The van der Waals surface area contributed by atoms with Crippen molar-refractivity contribution in [3.05, 3.63) is 23.9 Å². The Labute approximate surface area is 97.1 Å². The van der Waals surface area contributed by atoms with Crippen LogP contribution in [-0.4, -0.2) is 23.2 Å². The van der Waals surface area contributed by atoms with Gasteiger partial charge in [0.05, 0.1) is 12.6 Å². The minimum Gasteiger partial charge on any atom is -0.389 e. The molecule has 0 saturated heterocycles. The summed E-state index contributed by atoms with van der Waals surface area (Å²) >= 11 is 0. The topological polar surface area (TPSA) is 36.4 Å². The van der Waals surface area contributed by atoms with Crippen LogP contribution in [0.2, 0.25) is 0 Å². The second-order valence-electron chi connectivity index (χ2n) is 3.75. The second kappa shape index (κ2) is 6.14. The first-order valence-electron chi connectivity index (χ1n) is 5.51. The van der Waals surface area contributed by atoms with Crippen LogP contribution >= 0.6 is 0 Å². The first-order valence-corrected chi connectivity index (χ1v) is 5.51. The lowest BCUT2D eigenvalue weighted by molar-refractivity contribution is 0.199. The van der Waals surface area contributed by atoms with Crippen molar-refractivity contribution in [2.24, 2.45) is 0 Å². The highest BCUT2D eigenvalue weighted by Crippen LogP contribution is 2.15. The van der Waals surface area contributed by atoms with Crippen LogP contribution < -0.4 is 4.90 Å². The minimum absolute atomic E-state index is 0.478. The Hall–Kier alpha value is -1.53.